The molecule has 0 radical (unpaired) electrons. The molecule has 120 valence electrons. The van der Waals surface area contributed by atoms with Crippen LogP contribution in [0.25, 0.3) is 5.69 Å². The van der Waals surface area contributed by atoms with Gasteiger partial charge in [-0.25, -0.2) is 9.13 Å². The molecular weight excluding hydrogens is 268 g/mol. The van der Waals surface area contributed by atoms with Crippen LogP contribution >= 0.6 is 0 Å². The molecule has 22 heavy (non-hydrogen) atoms. The van der Waals surface area contributed by atoms with Crippen LogP contribution in [0, 0.1) is 0 Å². The summed E-state index contributed by atoms with van der Waals surface area (Å²) < 4.78 is 4.49. The Bertz CT molecular complexity index is 501. The van der Waals surface area contributed by atoms with Gasteiger partial charge in [-0.3, -0.25) is 0 Å². The first kappa shape index (κ1) is 16.8. The molecule has 2 nitrogen and oxygen atoms in total. The maximum Gasteiger partial charge on any atom is 0.248 e. The summed E-state index contributed by atoms with van der Waals surface area (Å²) in [6.45, 7) is 3.42. The smallest absolute Gasteiger partial charge is 0.236 e. The lowest BCUT2D eigenvalue weighted by Crippen LogP contribution is -2.30. The third-order valence-corrected chi connectivity index (χ3v) is 4.27. The predicted molar refractivity (Wildman–Crippen MR) is 93.2 cm³/mol. The molecule has 0 amide bonds. The van der Waals surface area contributed by atoms with Crippen molar-refractivity contribution < 1.29 is 4.57 Å². The summed E-state index contributed by atoms with van der Waals surface area (Å²) >= 11 is 0. The maximum absolute atomic E-state index is 2.30. The van der Waals surface area contributed by atoms with Crippen LogP contribution in [0.5, 0.6) is 0 Å². The van der Waals surface area contributed by atoms with Gasteiger partial charge in [-0.2, -0.15) is 0 Å². The average molecular weight is 299 g/mol. The molecular formula is C20H31N2+. The van der Waals surface area contributed by atoms with Crippen LogP contribution < -0.4 is 4.57 Å². The molecule has 0 aliphatic rings. The van der Waals surface area contributed by atoms with E-state index in [1.165, 1.54) is 63.5 Å². The fourth-order valence-electron chi connectivity index (χ4n) is 2.88. The molecule has 2 aromatic rings. The summed E-state index contributed by atoms with van der Waals surface area (Å²) in [6.07, 6.45) is 19.0. The van der Waals surface area contributed by atoms with Gasteiger partial charge in [-0.05, 0) is 25.0 Å². The van der Waals surface area contributed by atoms with Crippen LogP contribution in [0.4, 0.5) is 0 Å². The highest BCUT2D eigenvalue weighted by Gasteiger charge is 2.05. The van der Waals surface area contributed by atoms with Gasteiger partial charge in [-0.1, -0.05) is 70.1 Å². The first-order valence-corrected chi connectivity index (χ1v) is 9.02. The van der Waals surface area contributed by atoms with Crippen molar-refractivity contribution in [3.8, 4) is 5.69 Å². The van der Waals surface area contributed by atoms with Crippen LogP contribution in [-0.4, -0.2) is 4.57 Å². The van der Waals surface area contributed by atoms with Gasteiger partial charge in [0, 0.05) is 0 Å². The molecule has 0 saturated heterocycles. The lowest BCUT2D eigenvalue weighted by molar-refractivity contribution is -0.696. The summed E-state index contributed by atoms with van der Waals surface area (Å²) in [5.74, 6) is 0. The molecule has 0 spiro atoms. The zero-order valence-electron chi connectivity index (χ0n) is 14.1. The Morgan fingerprint density at radius 3 is 2.14 bits per heavy atom. The average Bonchev–Trinajstić information content (AvgIpc) is 3.03. The number of benzene rings is 1. The number of aryl methyl sites for hydroxylation is 1. The van der Waals surface area contributed by atoms with Gasteiger partial charge >= 0.3 is 0 Å². The van der Waals surface area contributed by atoms with Crippen LogP contribution in [0.15, 0.2) is 49.1 Å². The van der Waals surface area contributed by atoms with Crippen molar-refractivity contribution in [3.63, 3.8) is 0 Å². The third-order valence-electron chi connectivity index (χ3n) is 4.27. The Kier molecular flexibility index (Phi) is 7.79. The van der Waals surface area contributed by atoms with Gasteiger partial charge in [-0.15, -0.1) is 0 Å². The predicted octanol–water partition coefficient (Wildman–Crippen LogP) is 5.30. The Morgan fingerprint density at radius 1 is 0.818 bits per heavy atom. The Labute approximate surface area is 135 Å². The van der Waals surface area contributed by atoms with Gasteiger partial charge in [0.2, 0.25) is 6.33 Å². The third kappa shape index (κ3) is 6.05. The van der Waals surface area contributed by atoms with Crippen molar-refractivity contribution >= 4 is 0 Å². The molecule has 0 unspecified atom stereocenters. The molecule has 0 bridgehead atoms. The van der Waals surface area contributed by atoms with Gasteiger partial charge in [0.05, 0.1) is 6.54 Å². The highest BCUT2D eigenvalue weighted by molar-refractivity contribution is 5.30. The molecule has 1 heterocycles. The van der Waals surface area contributed by atoms with E-state index in [0.717, 1.165) is 6.54 Å². The fourth-order valence-corrected chi connectivity index (χ4v) is 2.88. The molecule has 1 aromatic heterocycles. The molecule has 2 rings (SSSR count). The topological polar surface area (TPSA) is 8.81 Å². The molecule has 0 saturated carbocycles. The van der Waals surface area contributed by atoms with Crippen LogP contribution in [0.2, 0.25) is 0 Å². The number of unbranched alkanes of at least 4 members (excludes halogenated alkanes) is 8. The monoisotopic (exact) mass is 299 g/mol. The summed E-state index contributed by atoms with van der Waals surface area (Å²) in [7, 11) is 0. The van der Waals surface area contributed by atoms with Crippen LogP contribution in [0.1, 0.15) is 64.7 Å². The molecule has 0 aliphatic carbocycles. The van der Waals surface area contributed by atoms with E-state index in [1.54, 1.807) is 0 Å². The van der Waals surface area contributed by atoms with Crippen molar-refractivity contribution in [2.24, 2.45) is 0 Å². The second-order valence-corrected chi connectivity index (χ2v) is 6.22. The van der Waals surface area contributed by atoms with E-state index in [4.69, 9.17) is 0 Å². The van der Waals surface area contributed by atoms with Crippen molar-refractivity contribution in [1.29, 1.82) is 0 Å². The van der Waals surface area contributed by atoms with Crippen molar-refractivity contribution in [1.82, 2.24) is 4.57 Å². The summed E-state index contributed by atoms with van der Waals surface area (Å²) in [5.41, 5.74) is 1.23. The Hall–Kier alpha value is -1.57. The Morgan fingerprint density at radius 2 is 1.45 bits per heavy atom. The number of nitrogens with zero attached hydrogens (tertiary/aromatic N) is 2. The van der Waals surface area contributed by atoms with Gasteiger partial charge < -0.3 is 0 Å². The first-order valence-electron chi connectivity index (χ1n) is 9.02. The standard InChI is InChI=1S/C20H31N2/c1-2-3-4-5-6-7-8-9-13-16-21-17-18-22(19-21)20-14-11-10-12-15-20/h10-12,14-15,17-19H,2-9,13,16H2,1H3/q+1. The van der Waals surface area contributed by atoms with E-state index in [-0.39, 0.29) is 0 Å². The minimum atomic E-state index is 1.13. The van der Waals surface area contributed by atoms with Gasteiger partial charge in [0.1, 0.15) is 18.1 Å². The number of para-hydroxylation sites is 1. The molecule has 0 N–H and O–H groups in total. The van der Waals surface area contributed by atoms with E-state index >= 15 is 0 Å². The molecule has 0 aliphatic heterocycles. The lowest BCUT2D eigenvalue weighted by atomic mass is 10.1. The highest BCUT2D eigenvalue weighted by atomic mass is 15.1. The highest BCUT2D eigenvalue weighted by Crippen LogP contribution is 2.09. The fraction of sp³-hybridized carbons (Fsp3) is 0.550. The second-order valence-electron chi connectivity index (χ2n) is 6.22. The minimum absolute atomic E-state index is 1.13. The largest absolute Gasteiger partial charge is 0.248 e. The molecule has 0 atom stereocenters. The normalized spacial score (nSPS) is 11.0. The lowest BCUT2D eigenvalue weighted by Gasteiger charge is -2.01. The van der Waals surface area contributed by atoms with E-state index in [0.29, 0.717) is 0 Å². The SMILES string of the molecule is CCCCCCCCCCC[n+]1ccn(-c2ccccc2)c1. The zero-order chi connectivity index (χ0) is 15.5. The van der Waals surface area contributed by atoms with Crippen LogP contribution in [0.3, 0.4) is 0 Å². The van der Waals surface area contributed by atoms with E-state index in [2.05, 4.69) is 65.1 Å². The van der Waals surface area contributed by atoms with Crippen molar-refractivity contribution in [2.45, 2.75) is 71.3 Å². The minimum Gasteiger partial charge on any atom is -0.236 e. The molecule has 0 fully saturated rings. The summed E-state index contributed by atoms with van der Waals surface area (Å²) in [4.78, 5) is 0. The second kappa shape index (κ2) is 10.2. The summed E-state index contributed by atoms with van der Waals surface area (Å²) in [6, 6.07) is 10.5. The number of aromatic nitrogens is 2. The Balaban J connectivity index is 1.57. The van der Waals surface area contributed by atoms with Gasteiger partial charge in [0.15, 0.2) is 0 Å². The van der Waals surface area contributed by atoms with E-state index in [1.807, 2.05) is 0 Å². The van der Waals surface area contributed by atoms with Gasteiger partial charge in [0.25, 0.3) is 0 Å². The quantitative estimate of drug-likeness (QED) is 0.393. The number of rotatable bonds is 11. The number of hydrogen-bond donors (Lipinski definition) is 0. The maximum atomic E-state index is 2.30. The number of hydrogen-bond acceptors (Lipinski definition) is 0. The van der Waals surface area contributed by atoms with Crippen molar-refractivity contribution in [3.05, 3.63) is 49.1 Å². The van der Waals surface area contributed by atoms with Crippen molar-refractivity contribution in [2.75, 3.05) is 0 Å². The molecule has 1 aromatic carbocycles. The number of imidazole rings is 1. The van der Waals surface area contributed by atoms with Crippen LogP contribution in [-0.2, 0) is 6.54 Å². The molecule has 2 heteroatoms. The first-order chi connectivity index (χ1) is 10.9. The summed E-state index contributed by atoms with van der Waals surface area (Å²) in [5, 5.41) is 0. The van der Waals surface area contributed by atoms with E-state index < -0.39 is 0 Å². The zero-order valence-corrected chi connectivity index (χ0v) is 14.1. The van der Waals surface area contributed by atoms with E-state index in [9.17, 15) is 0 Å².